The van der Waals surface area contributed by atoms with E-state index < -0.39 is 11.6 Å². The summed E-state index contributed by atoms with van der Waals surface area (Å²) in [6, 6.07) is 33.0. The number of ether oxygens (including phenoxy) is 2. The van der Waals surface area contributed by atoms with E-state index in [1.807, 2.05) is 91.0 Å². The van der Waals surface area contributed by atoms with Crippen molar-refractivity contribution in [3.63, 3.8) is 0 Å². The molecular weight excluding hydrogens is 580 g/mol. The molecule has 0 saturated carbocycles. The van der Waals surface area contributed by atoms with E-state index in [9.17, 15) is 4.79 Å². The highest BCUT2D eigenvalue weighted by atomic mass is 16.5. The van der Waals surface area contributed by atoms with Gasteiger partial charge in [-0.05, 0) is 70.5 Å². The van der Waals surface area contributed by atoms with Gasteiger partial charge in [-0.15, -0.1) is 0 Å². The minimum absolute atomic E-state index is 0.0370. The normalized spacial score (nSPS) is 18.6. The standard InChI is InChI=1S/C36H36N6O4/c37-42-38-24-29-13-6-7-14-32(29)33-36(23-25-9-2-1-3-10-25,35(44)41-40-30-21-27-11-4-5-12-28(27)22-30)39-34(46-33)26-15-17-31(18-16-26)45-20-8-19-43/h1-7,9-18,30,33,40,43H,8,19-24H2,(H,41,44)/t33-,36-/m0/s1. The van der Waals surface area contributed by atoms with E-state index in [2.05, 4.69) is 33.0 Å². The van der Waals surface area contributed by atoms with Crippen LogP contribution in [0.3, 0.4) is 0 Å². The van der Waals surface area contributed by atoms with E-state index in [1.165, 1.54) is 11.1 Å². The van der Waals surface area contributed by atoms with Crippen LogP contribution in [0.15, 0.2) is 113 Å². The molecule has 4 aromatic carbocycles. The first-order chi connectivity index (χ1) is 22.6. The molecule has 0 aromatic heterocycles. The van der Waals surface area contributed by atoms with Gasteiger partial charge in [-0.3, -0.25) is 10.2 Å². The molecule has 0 radical (unpaired) electrons. The SMILES string of the molecule is [N-]=[N+]=NCc1ccccc1[C@@H]1OC(c2ccc(OCCCO)cc2)=N[C@]1(Cc1ccccc1)C(=O)NNC1Cc2ccccc2C1. The molecule has 0 saturated heterocycles. The highest BCUT2D eigenvalue weighted by Gasteiger charge is 2.54. The fraction of sp³-hybridized carbons (Fsp3) is 0.278. The minimum atomic E-state index is -1.40. The fourth-order valence-electron chi connectivity index (χ4n) is 6.14. The maximum atomic E-state index is 14.6. The molecule has 0 fully saturated rings. The van der Waals surface area contributed by atoms with Crippen LogP contribution < -0.4 is 15.6 Å². The van der Waals surface area contributed by atoms with Gasteiger partial charge in [0.25, 0.3) is 5.91 Å². The van der Waals surface area contributed by atoms with E-state index in [-0.39, 0.29) is 31.5 Å². The number of azide groups is 1. The maximum absolute atomic E-state index is 14.6. The quantitative estimate of drug-likeness (QED) is 0.0594. The van der Waals surface area contributed by atoms with Crippen molar-refractivity contribution in [2.24, 2.45) is 10.1 Å². The number of rotatable bonds is 13. The molecule has 4 aromatic rings. The van der Waals surface area contributed by atoms with E-state index in [0.717, 1.165) is 29.5 Å². The number of hydrogen-bond acceptors (Lipinski definition) is 7. The molecule has 0 spiro atoms. The van der Waals surface area contributed by atoms with Crippen LogP contribution in [0.25, 0.3) is 10.4 Å². The smallest absolute Gasteiger partial charge is 0.266 e. The van der Waals surface area contributed by atoms with Crippen molar-refractivity contribution in [3.8, 4) is 5.75 Å². The number of carbonyl (C=O) groups excluding carboxylic acids is 1. The second-order valence-corrected chi connectivity index (χ2v) is 11.5. The number of aliphatic hydroxyl groups is 1. The second kappa shape index (κ2) is 14.3. The summed E-state index contributed by atoms with van der Waals surface area (Å²) < 4.78 is 12.4. The molecule has 1 heterocycles. The predicted molar refractivity (Wildman–Crippen MR) is 175 cm³/mol. The maximum Gasteiger partial charge on any atom is 0.266 e. The van der Waals surface area contributed by atoms with Crippen LogP contribution in [0.1, 0.15) is 45.9 Å². The van der Waals surface area contributed by atoms with Gasteiger partial charge in [-0.2, -0.15) is 0 Å². The van der Waals surface area contributed by atoms with Crippen LogP contribution in [-0.2, 0) is 35.3 Å². The number of hydrazine groups is 1. The summed E-state index contributed by atoms with van der Waals surface area (Å²) in [5, 5.41) is 12.9. The lowest BCUT2D eigenvalue weighted by atomic mass is 9.81. The van der Waals surface area contributed by atoms with Gasteiger partial charge in [0.05, 0.1) is 13.2 Å². The molecule has 10 nitrogen and oxygen atoms in total. The highest BCUT2D eigenvalue weighted by molar-refractivity contribution is 6.01. The second-order valence-electron chi connectivity index (χ2n) is 11.5. The number of amides is 1. The van der Waals surface area contributed by atoms with Crippen molar-refractivity contribution >= 4 is 11.8 Å². The zero-order valence-corrected chi connectivity index (χ0v) is 25.4. The van der Waals surface area contributed by atoms with Crippen LogP contribution in [-0.4, -0.2) is 41.7 Å². The molecule has 1 aliphatic heterocycles. The van der Waals surface area contributed by atoms with Gasteiger partial charge in [-0.1, -0.05) is 84.0 Å². The number of fused-ring (bicyclic) bond motifs is 1. The summed E-state index contributed by atoms with van der Waals surface area (Å²) in [6.45, 7) is 0.555. The van der Waals surface area contributed by atoms with E-state index in [4.69, 9.17) is 25.1 Å². The molecule has 10 heteroatoms. The number of hydrogen-bond donors (Lipinski definition) is 3. The summed E-state index contributed by atoms with van der Waals surface area (Å²) in [4.78, 5) is 22.7. The third kappa shape index (κ3) is 6.74. The molecule has 1 aliphatic carbocycles. The highest BCUT2D eigenvalue weighted by Crippen LogP contribution is 2.43. The topological polar surface area (TPSA) is 141 Å². The van der Waals surface area contributed by atoms with Crippen LogP contribution in [0.2, 0.25) is 0 Å². The summed E-state index contributed by atoms with van der Waals surface area (Å²) in [7, 11) is 0. The monoisotopic (exact) mass is 616 g/mol. The van der Waals surface area contributed by atoms with Crippen molar-refractivity contribution < 1.29 is 19.4 Å². The van der Waals surface area contributed by atoms with Crippen LogP contribution in [0.4, 0.5) is 0 Å². The van der Waals surface area contributed by atoms with Crippen molar-refractivity contribution in [2.75, 3.05) is 13.2 Å². The minimum Gasteiger partial charge on any atom is -0.494 e. The Balaban J connectivity index is 1.38. The van der Waals surface area contributed by atoms with Crippen LogP contribution in [0.5, 0.6) is 5.75 Å². The Hall–Kier alpha value is -5.15. The number of nitrogens with one attached hydrogen (secondary N) is 2. The van der Waals surface area contributed by atoms with Crippen molar-refractivity contribution in [3.05, 3.63) is 147 Å². The Kier molecular flexibility index (Phi) is 9.59. The Bertz CT molecular complexity index is 1710. The lowest BCUT2D eigenvalue weighted by Gasteiger charge is -2.32. The van der Waals surface area contributed by atoms with E-state index >= 15 is 0 Å². The number of benzene rings is 4. The molecule has 0 unspecified atom stereocenters. The Morgan fingerprint density at radius 1 is 0.978 bits per heavy atom. The Morgan fingerprint density at radius 3 is 2.39 bits per heavy atom. The lowest BCUT2D eigenvalue weighted by molar-refractivity contribution is -0.130. The zero-order chi connectivity index (χ0) is 31.8. The van der Waals surface area contributed by atoms with Gasteiger partial charge in [0.1, 0.15) is 5.75 Å². The molecule has 6 rings (SSSR count). The Morgan fingerprint density at radius 2 is 1.67 bits per heavy atom. The zero-order valence-electron chi connectivity index (χ0n) is 25.4. The first kappa shape index (κ1) is 30.9. The molecule has 2 atom stereocenters. The lowest BCUT2D eigenvalue weighted by Crippen LogP contribution is -2.56. The van der Waals surface area contributed by atoms with Gasteiger partial charge < -0.3 is 14.6 Å². The molecule has 3 N–H and O–H groups in total. The van der Waals surface area contributed by atoms with Crippen LogP contribution in [0, 0.1) is 0 Å². The fourth-order valence-corrected chi connectivity index (χ4v) is 6.14. The predicted octanol–water partition coefficient (Wildman–Crippen LogP) is 5.55. The van der Waals surface area contributed by atoms with Gasteiger partial charge in [0, 0.05) is 36.0 Å². The van der Waals surface area contributed by atoms with Gasteiger partial charge in [-0.25, -0.2) is 10.4 Å². The average molecular weight is 617 g/mol. The molecule has 234 valence electrons. The molecule has 0 bridgehead atoms. The van der Waals surface area contributed by atoms with Gasteiger partial charge >= 0.3 is 0 Å². The van der Waals surface area contributed by atoms with Crippen molar-refractivity contribution in [1.29, 1.82) is 0 Å². The largest absolute Gasteiger partial charge is 0.494 e. The number of carbonyl (C=O) groups is 1. The average Bonchev–Trinajstić information content (AvgIpc) is 3.69. The van der Waals surface area contributed by atoms with E-state index in [0.29, 0.717) is 30.2 Å². The Labute approximate surface area is 267 Å². The number of aliphatic imine (C=N–C) groups is 1. The van der Waals surface area contributed by atoms with Crippen molar-refractivity contribution in [1.82, 2.24) is 10.9 Å². The van der Waals surface area contributed by atoms with Crippen LogP contribution >= 0.6 is 0 Å². The first-order valence-corrected chi connectivity index (χ1v) is 15.5. The van der Waals surface area contributed by atoms with Gasteiger partial charge in [0.2, 0.25) is 5.90 Å². The third-order valence-electron chi connectivity index (χ3n) is 8.43. The molecule has 2 aliphatic rings. The molecule has 1 amide bonds. The summed E-state index contributed by atoms with van der Waals surface area (Å²) in [5.41, 5.74) is 19.6. The summed E-state index contributed by atoms with van der Waals surface area (Å²) in [5.74, 6) is 0.654. The van der Waals surface area contributed by atoms with E-state index in [1.54, 1.807) is 0 Å². The third-order valence-corrected chi connectivity index (χ3v) is 8.43. The number of nitrogens with zero attached hydrogens (tertiary/aromatic N) is 4. The first-order valence-electron chi connectivity index (χ1n) is 15.5. The molecule has 46 heavy (non-hydrogen) atoms. The van der Waals surface area contributed by atoms with Gasteiger partial charge in [0.15, 0.2) is 11.6 Å². The molecular formula is C36H36N6O4. The number of aliphatic hydroxyl groups excluding tert-OH is 1. The summed E-state index contributed by atoms with van der Waals surface area (Å²) >= 11 is 0. The summed E-state index contributed by atoms with van der Waals surface area (Å²) in [6.07, 6.45) is 1.58. The van der Waals surface area contributed by atoms with Crippen molar-refractivity contribution in [2.45, 2.75) is 49.9 Å².